The molecule has 0 aliphatic heterocycles. The summed E-state index contributed by atoms with van der Waals surface area (Å²) in [7, 11) is 0. The van der Waals surface area contributed by atoms with Crippen molar-refractivity contribution in [2.24, 2.45) is 5.73 Å². The van der Waals surface area contributed by atoms with Crippen molar-refractivity contribution in [2.45, 2.75) is 38.6 Å². The summed E-state index contributed by atoms with van der Waals surface area (Å²) >= 11 is 1.52. The van der Waals surface area contributed by atoms with Gasteiger partial charge in [-0.25, -0.2) is 0 Å². The number of nitrogens with two attached hydrogens (primary N) is 1. The van der Waals surface area contributed by atoms with Crippen LogP contribution >= 0.6 is 11.3 Å². The minimum absolute atomic E-state index is 0.205. The number of nitriles is 1. The molecule has 1 atom stereocenters. The molecular formula is C12H15N3OS. The molecule has 0 spiro atoms. The summed E-state index contributed by atoms with van der Waals surface area (Å²) in [5.41, 5.74) is 7.42. The highest BCUT2D eigenvalue weighted by Crippen LogP contribution is 2.38. The average Bonchev–Trinajstić information content (AvgIpc) is 2.87. The van der Waals surface area contributed by atoms with Crippen molar-refractivity contribution in [3.05, 3.63) is 16.0 Å². The molecule has 0 aromatic carbocycles. The van der Waals surface area contributed by atoms with E-state index in [-0.39, 0.29) is 5.91 Å². The van der Waals surface area contributed by atoms with Crippen LogP contribution in [0.3, 0.4) is 0 Å². The van der Waals surface area contributed by atoms with Crippen molar-refractivity contribution < 1.29 is 4.79 Å². The minimum Gasteiger partial charge on any atom is -0.320 e. The molecule has 1 heterocycles. The van der Waals surface area contributed by atoms with Gasteiger partial charge in [0.2, 0.25) is 5.91 Å². The molecule has 1 aliphatic rings. The molecule has 1 aromatic rings. The Balaban J connectivity index is 2.23. The second-order valence-electron chi connectivity index (χ2n) is 4.18. The molecule has 1 aromatic heterocycles. The highest BCUT2D eigenvalue weighted by atomic mass is 32.1. The first-order chi connectivity index (χ1) is 8.17. The highest BCUT2D eigenvalue weighted by molar-refractivity contribution is 7.16. The molecular weight excluding hydrogens is 234 g/mol. The molecule has 0 saturated carbocycles. The largest absolute Gasteiger partial charge is 0.320 e. The zero-order valence-corrected chi connectivity index (χ0v) is 10.6. The third-order valence-electron chi connectivity index (χ3n) is 3.05. The molecule has 3 N–H and O–H groups in total. The topological polar surface area (TPSA) is 78.9 Å². The van der Waals surface area contributed by atoms with Crippen LogP contribution in [-0.4, -0.2) is 11.9 Å². The average molecular weight is 249 g/mol. The van der Waals surface area contributed by atoms with Crippen LogP contribution in [0, 0.1) is 11.3 Å². The fourth-order valence-electron chi connectivity index (χ4n) is 2.00. The molecule has 4 nitrogen and oxygen atoms in total. The van der Waals surface area contributed by atoms with Crippen molar-refractivity contribution >= 4 is 22.2 Å². The normalized spacial score (nSPS) is 15.1. The Kier molecular flexibility index (Phi) is 3.46. The molecule has 0 radical (unpaired) electrons. The third kappa shape index (κ3) is 2.19. The Labute approximate surface area is 104 Å². The van der Waals surface area contributed by atoms with Crippen molar-refractivity contribution in [1.29, 1.82) is 5.26 Å². The van der Waals surface area contributed by atoms with Crippen LogP contribution in [-0.2, 0) is 17.6 Å². The zero-order valence-electron chi connectivity index (χ0n) is 9.75. The molecule has 1 amide bonds. The maximum absolute atomic E-state index is 11.7. The monoisotopic (exact) mass is 249 g/mol. The van der Waals surface area contributed by atoms with E-state index in [4.69, 9.17) is 11.0 Å². The van der Waals surface area contributed by atoms with Crippen molar-refractivity contribution in [1.82, 2.24) is 0 Å². The van der Waals surface area contributed by atoms with E-state index < -0.39 is 6.04 Å². The molecule has 0 fully saturated rings. The first-order valence-corrected chi connectivity index (χ1v) is 6.60. The van der Waals surface area contributed by atoms with Crippen LogP contribution in [0.2, 0.25) is 0 Å². The smallest absolute Gasteiger partial charge is 0.241 e. The maximum Gasteiger partial charge on any atom is 0.241 e. The number of carbonyl (C=O) groups excluding carboxylic acids is 1. The molecule has 0 bridgehead atoms. The summed E-state index contributed by atoms with van der Waals surface area (Å²) < 4.78 is 0. The molecule has 1 aliphatic carbocycles. The minimum atomic E-state index is -0.501. The number of hydrogen-bond donors (Lipinski definition) is 2. The van der Waals surface area contributed by atoms with Crippen LogP contribution < -0.4 is 11.1 Å². The lowest BCUT2D eigenvalue weighted by Crippen LogP contribution is -2.34. The van der Waals surface area contributed by atoms with Gasteiger partial charge in [-0.15, -0.1) is 11.3 Å². The van der Waals surface area contributed by atoms with Crippen LogP contribution in [0.5, 0.6) is 0 Å². The van der Waals surface area contributed by atoms with E-state index >= 15 is 0 Å². The number of nitrogens with one attached hydrogen (secondary N) is 1. The van der Waals surface area contributed by atoms with E-state index in [0.717, 1.165) is 24.8 Å². The van der Waals surface area contributed by atoms with E-state index in [1.807, 2.05) is 6.92 Å². The number of anilines is 1. The maximum atomic E-state index is 11.7. The molecule has 17 heavy (non-hydrogen) atoms. The Hall–Kier alpha value is -1.38. The van der Waals surface area contributed by atoms with Gasteiger partial charge in [0.05, 0.1) is 11.6 Å². The van der Waals surface area contributed by atoms with Gasteiger partial charge in [-0.05, 0) is 31.2 Å². The second-order valence-corrected chi connectivity index (χ2v) is 5.28. The summed E-state index contributed by atoms with van der Waals surface area (Å²) in [6.45, 7) is 1.86. The van der Waals surface area contributed by atoms with Gasteiger partial charge in [0.15, 0.2) is 0 Å². The summed E-state index contributed by atoms with van der Waals surface area (Å²) in [5.74, 6) is -0.205. The number of fused-ring (bicyclic) bond motifs is 1. The number of hydrogen-bond acceptors (Lipinski definition) is 4. The van der Waals surface area contributed by atoms with Crippen molar-refractivity contribution in [3.63, 3.8) is 0 Å². The van der Waals surface area contributed by atoms with Gasteiger partial charge in [0.1, 0.15) is 11.1 Å². The lowest BCUT2D eigenvalue weighted by molar-refractivity contribution is -0.117. The standard InChI is InChI=1S/C12H15N3OS/c1-2-9(14)11(16)15-12-8(6-13)7-4-3-5-10(7)17-12/h9H,2-5,14H2,1H3,(H,15,16)/t9-/m0/s1. The Bertz CT molecular complexity index is 487. The van der Waals surface area contributed by atoms with E-state index in [1.165, 1.54) is 16.2 Å². The molecule has 0 unspecified atom stereocenters. The lowest BCUT2D eigenvalue weighted by Gasteiger charge is -2.08. The zero-order chi connectivity index (χ0) is 12.4. The molecule has 2 rings (SSSR count). The fourth-order valence-corrected chi connectivity index (χ4v) is 3.24. The van der Waals surface area contributed by atoms with Crippen LogP contribution in [0.25, 0.3) is 0 Å². The van der Waals surface area contributed by atoms with Gasteiger partial charge in [-0.2, -0.15) is 5.26 Å². The van der Waals surface area contributed by atoms with Gasteiger partial charge >= 0.3 is 0 Å². The predicted octanol–water partition coefficient (Wildman–Crippen LogP) is 1.78. The number of amides is 1. The van der Waals surface area contributed by atoms with E-state index in [2.05, 4.69) is 11.4 Å². The lowest BCUT2D eigenvalue weighted by atomic mass is 10.1. The Morgan fingerprint density at radius 3 is 3.06 bits per heavy atom. The van der Waals surface area contributed by atoms with Crippen LogP contribution in [0.15, 0.2) is 0 Å². The summed E-state index contributed by atoms with van der Waals surface area (Å²) in [4.78, 5) is 12.9. The first-order valence-electron chi connectivity index (χ1n) is 5.78. The van der Waals surface area contributed by atoms with Gasteiger partial charge in [-0.3, -0.25) is 4.79 Å². The number of rotatable bonds is 3. The molecule has 0 saturated heterocycles. The van der Waals surface area contributed by atoms with Crippen LogP contribution in [0.4, 0.5) is 5.00 Å². The Morgan fingerprint density at radius 1 is 1.65 bits per heavy atom. The number of nitrogens with zero attached hydrogens (tertiary/aromatic N) is 1. The number of aryl methyl sites for hydroxylation is 1. The number of thiophene rings is 1. The molecule has 90 valence electrons. The van der Waals surface area contributed by atoms with E-state index in [0.29, 0.717) is 17.0 Å². The predicted molar refractivity (Wildman–Crippen MR) is 68.0 cm³/mol. The third-order valence-corrected chi connectivity index (χ3v) is 4.25. The van der Waals surface area contributed by atoms with Gasteiger partial charge in [0, 0.05) is 4.88 Å². The summed E-state index contributed by atoms with van der Waals surface area (Å²) in [5, 5.41) is 12.6. The van der Waals surface area contributed by atoms with Gasteiger partial charge in [-0.1, -0.05) is 6.92 Å². The van der Waals surface area contributed by atoms with Gasteiger partial charge in [0.25, 0.3) is 0 Å². The van der Waals surface area contributed by atoms with Crippen LogP contribution in [0.1, 0.15) is 35.8 Å². The quantitative estimate of drug-likeness (QED) is 0.857. The fraction of sp³-hybridized carbons (Fsp3) is 0.500. The first kappa shape index (κ1) is 12.1. The second kappa shape index (κ2) is 4.86. The highest BCUT2D eigenvalue weighted by Gasteiger charge is 2.23. The SMILES string of the molecule is CC[C@H](N)C(=O)Nc1sc2c(c1C#N)CCC2. The molecule has 5 heteroatoms. The number of carbonyl (C=O) groups is 1. The van der Waals surface area contributed by atoms with Crippen molar-refractivity contribution in [2.75, 3.05) is 5.32 Å². The Morgan fingerprint density at radius 2 is 2.41 bits per heavy atom. The van der Waals surface area contributed by atoms with E-state index in [1.54, 1.807) is 0 Å². The summed E-state index contributed by atoms with van der Waals surface area (Å²) in [6, 6.07) is 1.69. The van der Waals surface area contributed by atoms with Crippen molar-refractivity contribution in [3.8, 4) is 6.07 Å². The summed E-state index contributed by atoms with van der Waals surface area (Å²) in [6.07, 6.45) is 3.67. The van der Waals surface area contributed by atoms with Gasteiger partial charge < -0.3 is 11.1 Å². The van der Waals surface area contributed by atoms with E-state index in [9.17, 15) is 4.79 Å².